The SMILES string of the molecule is COc1ccc2nc(C)cc(C(=O)NCC3CNC3)c2c1.Cl.Cl. The highest BCUT2D eigenvalue weighted by Gasteiger charge is 2.19. The van der Waals surface area contributed by atoms with Crippen LogP contribution in [0.4, 0.5) is 0 Å². The van der Waals surface area contributed by atoms with E-state index >= 15 is 0 Å². The second-order valence-corrected chi connectivity index (χ2v) is 5.43. The Hall–Kier alpha value is -1.56. The third kappa shape index (κ3) is 4.25. The number of nitrogens with zero attached hydrogens (tertiary/aromatic N) is 1. The minimum Gasteiger partial charge on any atom is -0.497 e. The molecule has 1 aliphatic rings. The van der Waals surface area contributed by atoms with Gasteiger partial charge in [0, 0.05) is 36.6 Å². The van der Waals surface area contributed by atoms with Crippen LogP contribution in [0.5, 0.6) is 5.75 Å². The van der Waals surface area contributed by atoms with E-state index in [1.54, 1.807) is 7.11 Å². The van der Waals surface area contributed by atoms with E-state index in [2.05, 4.69) is 15.6 Å². The number of rotatable bonds is 4. The molecule has 0 spiro atoms. The number of carbonyl (C=O) groups excluding carboxylic acids is 1. The van der Waals surface area contributed by atoms with E-state index in [-0.39, 0.29) is 30.7 Å². The maximum absolute atomic E-state index is 12.5. The van der Waals surface area contributed by atoms with Gasteiger partial charge in [0.05, 0.1) is 18.2 Å². The first-order valence-corrected chi connectivity index (χ1v) is 7.11. The zero-order valence-electron chi connectivity index (χ0n) is 13.1. The van der Waals surface area contributed by atoms with Crippen molar-refractivity contribution in [2.45, 2.75) is 6.92 Å². The van der Waals surface area contributed by atoms with Crippen molar-refractivity contribution in [2.24, 2.45) is 5.92 Å². The third-order valence-corrected chi connectivity index (χ3v) is 3.81. The fourth-order valence-corrected chi connectivity index (χ4v) is 2.48. The zero-order chi connectivity index (χ0) is 14.8. The number of pyridine rings is 1. The molecule has 0 bridgehead atoms. The fourth-order valence-electron chi connectivity index (χ4n) is 2.48. The Morgan fingerprint density at radius 1 is 1.35 bits per heavy atom. The number of ether oxygens (including phenoxy) is 1. The summed E-state index contributed by atoms with van der Waals surface area (Å²) in [6.07, 6.45) is 0. The average Bonchev–Trinajstić information content (AvgIpc) is 2.44. The fraction of sp³-hybridized carbons (Fsp3) is 0.375. The number of fused-ring (bicyclic) bond motifs is 1. The molecule has 1 saturated heterocycles. The number of hydrogen-bond donors (Lipinski definition) is 2. The van der Waals surface area contributed by atoms with Gasteiger partial charge in [0.2, 0.25) is 0 Å². The minimum atomic E-state index is -0.0503. The number of nitrogens with one attached hydrogen (secondary N) is 2. The standard InChI is InChI=1S/C16H19N3O2.2ClH/c1-10-5-14(16(20)18-9-11-7-17-8-11)13-6-12(21-2)3-4-15(13)19-10;;/h3-6,11,17H,7-9H2,1-2H3,(H,18,20);2*1H. The summed E-state index contributed by atoms with van der Waals surface area (Å²) in [7, 11) is 1.62. The predicted octanol–water partition coefficient (Wildman–Crippen LogP) is 2.34. The molecule has 1 aromatic carbocycles. The maximum Gasteiger partial charge on any atom is 0.252 e. The molecule has 0 unspecified atom stereocenters. The molecule has 2 heterocycles. The van der Waals surface area contributed by atoms with E-state index < -0.39 is 0 Å². The number of amides is 1. The van der Waals surface area contributed by atoms with Crippen LogP contribution in [0.3, 0.4) is 0 Å². The predicted molar refractivity (Wildman–Crippen MR) is 96.2 cm³/mol. The van der Waals surface area contributed by atoms with Crippen molar-refractivity contribution >= 4 is 41.6 Å². The van der Waals surface area contributed by atoms with Gasteiger partial charge in [0.15, 0.2) is 0 Å². The van der Waals surface area contributed by atoms with Gasteiger partial charge >= 0.3 is 0 Å². The molecule has 1 amide bonds. The van der Waals surface area contributed by atoms with Gasteiger partial charge in [-0.3, -0.25) is 9.78 Å². The Labute approximate surface area is 148 Å². The first-order chi connectivity index (χ1) is 10.2. The quantitative estimate of drug-likeness (QED) is 0.881. The first-order valence-electron chi connectivity index (χ1n) is 7.11. The lowest BCUT2D eigenvalue weighted by molar-refractivity contribution is 0.0943. The Morgan fingerprint density at radius 2 is 2.09 bits per heavy atom. The molecule has 5 nitrogen and oxygen atoms in total. The van der Waals surface area contributed by atoms with E-state index in [0.29, 0.717) is 18.0 Å². The van der Waals surface area contributed by atoms with Crippen molar-refractivity contribution in [3.05, 3.63) is 35.5 Å². The van der Waals surface area contributed by atoms with Gasteiger partial charge in [0.1, 0.15) is 5.75 Å². The summed E-state index contributed by atoms with van der Waals surface area (Å²) in [5.41, 5.74) is 2.30. The molecule has 7 heteroatoms. The van der Waals surface area contributed by atoms with E-state index in [4.69, 9.17) is 4.74 Å². The van der Waals surface area contributed by atoms with E-state index in [1.165, 1.54) is 0 Å². The Morgan fingerprint density at radius 3 is 2.70 bits per heavy atom. The monoisotopic (exact) mass is 357 g/mol. The molecule has 1 fully saturated rings. The summed E-state index contributed by atoms with van der Waals surface area (Å²) in [6.45, 7) is 4.56. The largest absolute Gasteiger partial charge is 0.497 e. The van der Waals surface area contributed by atoms with Crippen LogP contribution in [0.25, 0.3) is 10.9 Å². The van der Waals surface area contributed by atoms with Crippen LogP contribution in [0.15, 0.2) is 24.3 Å². The van der Waals surface area contributed by atoms with Crippen LogP contribution in [0.2, 0.25) is 0 Å². The van der Waals surface area contributed by atoms with Crippen molar-refractivity contribution in [3.63, 3.8) is 0 Å². The van der Waals surface area contributed by atoms with Crippen molar-refractivity contribution < 1.29 is 9.53 Å². The highest BCUT2D eigenvalue weighted by Crippen LogP contribution is 2.23. The van der Waals surface area contributed by atoms with E-state index in [9.17, 15) is 4.79 Å². The van der Waals surface area contributed by atoms with Gasteiger partial charge in [-0.1, -0.05) is 0 Å². The summed E-state index contributed by atoms with van der Waals surface area (Å²) in [5.74, 6) is 1.22. The summed E-state index contributed by atoms with van der Waals surface area (Å²) in [5, 5.41) is 7.03. The van der Waals surface area contributed by atoms with Crippen LogP contribution in [-0.2, 0) is 0 Å². The minimum absolute atomic E-state index is 0. The van der Waals surface area contributed by atoms with Crippen LogP contribution in [-0.4, -0.2) is 37.6 Å². The van der Waals surface area contributed by atoms with Crippen molar-refractivity contribution in [3.8, 4) is 5.75 Å². The lowest BCUT2D eigenvalue weighted by Crippen LogP contribution is -2.48. The lowest BCUT2D eigenvalue weighted by atomic mass is 10.0. The number of aryl methyl sites for hydroxylation is 1. The number of halogens is 2. The molecule has 126 valence electrons. The molecule has 3 rings (SSSR count). The van der Waals surface area contributed by atoms with E-state index in [0.717, 1.165) is 35.4 Å². The topological polar surface area (TPSA) is 63.2 Å². The first kappa shape index (κ1) is 19.5. The van der Waals surface area contributed by atoms with Crippen molar-refractivity contribution in [1.29, 1.82) is 0 Å². The molecule has 2 aromatic rings. The number of benzene rings is 1. The van der Waals surface area contributed by atoms with E-state index in [1.807, 2.05) is 31.2 Å². The second kappa shape index (κ2) is 8.34. The smallest absolute Gasteiger partial charge is 0.252 e. The summed E-state index contributed by atoms with van der Waals surface area (Å²) in [4.78, 5) is 16.9. The molecule has 0 aliphatic carbocycles. The van der Waals surface area contributed by atoms with Crippen LogP contribution < -0.4 is 15.4 Å². The Bertz CT molecular complexity index is 690. The molecule has 0 radical (unpaired) electrons. The molecule has 23 heavy (non-hydrogen) atoms. The van der Waals surface area contributed by atoms with Gasteiger partial charge < -0.3 is 15.4 Å². The van der Waals surface area contributed by atoms with Crippen LogP contribution in [0, 0.1) is 12.8 Å². The Balaban J connectivity index is 0.00000132. The highest BCUT2D eigenvalue weighted by molar-refractivity contribution is 6.06. The summed E-state index contributed by atoms with van der Waals surface area (Å²) < 4.78 is 5.24. The second-order valence-electron chi connectivity index (χ2n) is 5.43. The summed E-state index contributed by atoms with van der Waals surface area (Å²) >= 11 is 0. The molecular formula is C16H21Cl2N3O2. The molecule has 1 aliphatic heterocycles. The van der Waals surface area contributed by atoms with Crippen molar-refractivity contribution in [2.75, 3.05) is 26.7 Å². The average molecular weight is 358 g/mol. The van der Waals surface area contributed by atoms with Crippen LogP contribution >= 0.6 is 24.8 Å². The van der Waals surface area contributed by atoms with Gasteiger partial charge in [-0.25, -0.2) is 0 Å². The maximum atomic E-state index is 12.5. The molecular weight excluding hydrogens is 337 g/mol. The van der Waals surface area contributed by atoms with Crippen molar-refractivity contribution in [1.82, 2.24) is 15.6 Å². The highest BCUT2D eigenvalue weighted by atomic mass is 35.5. The Kier molecular flexibility index (Phi) is 7.06. The van der Waals surface area contributed by atoms with Crippen LogP contribution in [0.1, 0.15) is 16.1 Å². The third-order valence-electron chi connectivity index (χ3n) is 3.81. The number of carbonyl (C=O) groups is 1. The van der Waals surface area contributed by atoms with Gasteiger partial charge in [-0.2, -0.15) is 0 Å². The normalized spacial score (nSPS) is 13.5. The molecule has 1 aromatic heterocycles. The van der Waals surface area contributed by atoms with Gasteiger partial charge in [0.25, 0.3) is 5.91 Å². The molecule has 0 saturated carbocycles. The molecule has 2 N–H and O–H groups in total. The number of aromatic nitrogens is 1. The zero-order valence-corrected chi connectivity index (χ0v) is 14.7. The number of methoxy groups -OCH3 is 1. The summed E-state index contributed by atoms with van der Waals surface area (Å²) in [6, 6.07) is 7.43. The number of hydrogen-bond acceptors (Lipinski definition) is 4. The molecule has 0 atom stereocenters. The van der Waals surface area contributed by atoms with Gasteiger partial charge in [-0.05, 0) is 31.2 Å². The van der Waals surface area contributed by atoms with Gasteiger partial charge in [-0.15, -0.1) is 24.8 Å². The lowest BCUT2D eigenvalue weighted by Gasteiger charge is -2.27.